The number of carbonyl (C=O) groups excluding carboxylic acids is 1. The number of hydrogen-bond donors (Lipinski definition) is 2. The van der Waals surface area contributed by atoms with E-state index in [1.165, 1.54) is 6.42 Å². The zero-order valence-electron chi connectivity index (χ0n) is 9.08. The van der Waals surface area contributed by atoms with E-state index in [2.05, 4.69) is 5.32 Å². The lowest BCUT2D eigenvalue weighted by molar-refractivity contribution is -0.126. The molecule has 86 valence electrons. The highest BCUT2D eigenvalue weighted by Crippen LogP contribution is 2.19. The number of hydrogen-bond acceptors (Lipinski definition) is 3. The van der Waals surface area contributed by atoms with Gasteiger partial charge in [-0.3, -0.25) is 4.79 Å². The SMILES string of the molecule is NC1CC(NC(=O)CC2CCCCO2)C1. The number of nitrogens with one attached hydrogen (secondary N) is 1. The topological polar surface area (TPSA) is 64.3 Å². The molecule has 0 aromatic rings. The van der Waals surface area contributed by atoms with Gasteiger partial charge < -0.3 is 15.8 Å². The third-order valence-electron chi connectivity index (χ3n) is 3.23. The second-order valence-corrected chi connectivity index (χ2v) is 4.69. The fourth-order valence-corrected chi connectivity index (χ4v) is 2.24. The molecule has 1 aliphatic carbocycles. The highest BCUT2D eigenvalue weighted by Gasteiger charge is 2.28. The molecule has 1 aliphatic heterocycles. The van der Waals surface area contributed by atoms with Crippen molar-refractivity contribution in [2.75, 3.05) is 6.61 Å². The summed E-state index contributed by atoms with van der Waals surface area (Å²) < 4.78 is 5.52. The Morgan fingerprint density at radius 3 is 2.80 bits per heavy atom. The lowest BCUT2D eigenvalue weighted by Crippen LogP contribution is -2.50. The van der Waals surface area contributed by atoms with Crippen molar-refractivity contribution in [3.63, 3.8) is 0 Å². The van der Waals surface area contributed by atoms with Crippen molar-refractivity contribution in [3.8, 4) is 0 Å². The Kier molecular flexibility index (Phi) is 3.59. The van der Waals surface area contributed by atoms with Crippen molar-refractivity contribution in [1.82, 2.24) is 5.32 Å². The lowest BCUT2D eigenvalue weighted by Gasteiger charge is -2.33. The molecule has 3 N–H and O–H groups in total. The first kappa shape index (κ1) is 10.9. The molecular weight excluding hydrogens is 192 g/mol. The summed E-state index contributed by atoms with van der Waals surface area (Å²) in [5.41, 5.74) is 5.65. The van der Waals surface area contributed by atoms with Crippen LogP contribution >= 0.6 is 0 Å². The van der Waals surface area contributed by atoms with Gasteiger partial charge in [0.15, 0.2) is 0 Å². The second-order valence-electron chi connectivity index (χ2n) is 4.69. The third-order valence-corrected chi connectivity index (χ3v) is 3.23. The Balaban J connectivity index is 1.63. The van der Waals surface area contributed by atoms with Crippen LogP contribution in [0.2, 0.25) is 0 Å². The molecule has 2 aliphatic rings. The minimum absolute atomic E-state index is 0.124. The first-order valence-electron chi connectivity index (χ1n) is 5.90. The molecule has 0 bridgehead atoms. The van der Waals surface area contributed by atoms with E-state index in [9.17, 15) is 4.79 Å². The Bertz CT molecular complexity index is 221. The maximum Gasteiger partial charge on any atom is 0.222 e. The predicted molar refractivity (Wildman–Crippen MR) is 57.3 cm³/mol. The maximum atomic E-state index is 11.6. The van der Waals surface area contributed by atoms with Gasteiger partial charge in [-0.15, -0.1) is 0 Å². The molecule has 1 saturated heterocycles. The van der Waals surface area contributed by atoms with Crippen molar-refractivity contribution >= 4 is 5.91 Å². The molecule has 0 radical (unpaired) electrons. The number of rotatable bonds is 3. The zero-order valence-corrected chi connectivity index (χ0v) is 9.08. The van der Waals surface area contributed by atoms with Crippen LogP contribution in [0.25, 0.3) is 0 Å². The molecule has 1 atom stereocenters. The van der Waals surface area contributed by atoms with E-state index in [-0.39, 0.29) is 12.0 Å². The van der Waals surface area contributed by atoms with Crippen molar-refractivity contribution in [1.29, 1.82) is 0 Å². The van der Waals surface area contributed by atoms with Gasteiger partial charge in [0.25, 0.3) is 0 Å². The van der Waals surface area contributed by atoms with Crippen molar-refractivity contribution in [2.45, 2.75) is 56.7 Å². The predicted octanol–water partition coefficient (Wildman–Crippen LogP) is 0.551. The van der Waals surface area contributed by atoms with Crippen molar-refractivity contribution in [2.24, 2.45) is 5.73 Å². The quantitative estimate of drug-likeness (QED) is 0.718. The number of amides is 1. The fourth-order valence-electron chi connectivity index (χ4n) is 2.24. The molecule has 15 heavy (non-hydrogen) atoms. The van der Waals surface area contributed by atoms with Crippen LogP contribution in [0.4, 0.5) is 0 Å². The monoisotopic (exact) mass is 212 g/mol. The largest absolute Gasteiger partial charge is 0.378 e. The van der Waals surface area contributed by atoms with Gasteiger partial charge in [0.05, 0.1) is 12.5 Å². The normalized spacial score (nSPS) is 35.7. The van der Waals surface area contributed by atoms with Gasteiger partial charge in [-0.2, -0.15) is 0 Å². The summed E-state index contributed by atoms with van der Waals surface area (Å²) in [4.78, 5) is 11.6. The van der Waals surface area contributed by atoms with E-state index in [0.29, 0.717) is 18.5 Å². The summed E-state index contributed by atoms with van der Waals surface area (Å²) in [7, 11) is 0. The van der Waals surface area contributed by atoms with E-state index >= 15 is 0 Å². The Hall–Kier alpha value is -0.610. The number of ether oxygens (including phenoxy) is 1. The van der Waals surface area contributed by atoms with Crippen LogP contribution in [-0.4, -0.2) is 30.7 Å². The summed E-state index contributed by atoms with van der Waals surface area (Å²) in [5.74, 6) is 0.124. The van der Waals surface area contributed by atoms with Gasteiger partial charge in [-0.05, 0) is 32.1 Å². The summed E-state index contributed by atoms with van der Waals surface area (Å²) in [6.45, 7) is 0.812. The van der Waals surface area contributed by atoms with E-state index in [1.807, 2.05) is 0 Å². The van der Waals surface area contributed by atoms with Gasteiger partial charge in [-0.25, -0.2) is 0 Å². The zero-order chi connectivity index (χ0) is 10.7. The van der Waals surface area contributed by atoms with Gasteiger partial charge in [-0.1, -0.05) is 0 Å². The first-order valence-corrected chi connectivity index (χ1v) is 5.90. The average molecular weight is 212 g/mol. The molecule has 4 nitrogen and oxygen atoms in total. The standard InChI is InChI=1S/C11H20N2O2/c12-8-5-9(6-8)13-11(14)7-10-3-1-2-4-15-10/h8-10H,1-7,12H2,(H,13,14). The average Bonchev–Trinajstić information content (AvgIpc) is 2.17. The first-order chi connectivity index (χ1) is 7.24. The molecule has 1 saturated carbocycles. The Morgan fingerprint density at radius 1 is 1.40 bits per heavy atom. The molecule has 1 unspecified atom stereocenters. The molecule has 4 heteroatoms. The van der Waals surface area contributed by atoms with E-state index in [1.54, 1.807) is 0 Å². The molecule has 0 aromatic carbocycles. The van der Waals surface area contributed by atoms with Crippen LogP contribution < -0.4 is 11.1 Å². The Labute approximate surface area is 90.5 Å². The smallest absolute Gasteiger partial charge is 0.222 e. The van der Waals surface area contributed by atoms with Crippen LogP contribution in [0.3, 0.4) is 0 Å². The van der Waals surface area contributed by atoms with Crippen molar-refractivity contribution < 1.29 is 9.53 Å². The van der Waals surface area contributed by atoms with Crippen LogP contribution in [0.1, 0.15) is 38.5 Å². The second kappa shape index (κ2) is 4.94. The van der Waals surface area contributed by atoms with Crippen LogP contribution in [-0.2, 0) is 9.53 Å². The summed E-state index contributed by atoms with van der Waals surface area (Å²) >= 11 is 0. The van der Waals surface area contributed by atoms with E-state index in [0.717, 1.165) is 32.3 Å². The molecule has 0 aromatic heterocycles. The Morgan fingerprint density at radius 2 is 2.20 bits per heavy atom. The van der Waals surface area contributed by atoms with E-state index in [4.69, 9.17) is 10.5 Å². The molecule has 0 spiro atoms. The maximum absolute atomic E-state index is 11.6. The van der Waals surface area contributed by atoms with Gasteiger partial charge in [0, 0.05) is 18.7 Å². The summed E-state index contributed by atoms with van der Waals surface area (Å²) in [6, 6.07) is 0.609. The summed E-state index contributed by atoms with van der Waals surface area (Å²) in [6.07, 6.45) is 5.87. The molecular formula is C11H20N2O2. The number of carbonyl (C=O) groups is 1. The van der Waals surface area contributed by atoms with Crippen LogP contribution in [0.15, 0.2) is 0 Å². The van der Waals surface area contributed by atoms with E-state index < -0.39 is 0 Å². The molecule has 1 heterocycles. The molecule has 1 amide bonds. The minimum atomic E-state index is 0.124. The molecule has 2 fully saturated rings. The number of nitrogens with two attached hydrogens (primary N) is 1. The highest BCUT2D eigenvalue weighted by atomic mass is 16.5. The third kappa shape index (κ3) is 3.18. The van der Waals surface area contributed by atoms with Crippen LogP contribution in [0, 0.1) is 0 Å². The fraction of sp³-hybridized carbons (Fsp3) is 0.909. The summed E-state index contributed by atoms with van der Waals surface area (Å²) in [5, 5.41) is 3.00. The van der Waals surface area contributed by atoms with Gasteiger partial charge >= 0.3 is 0 Å². The van der Waals surface area contributed by atoms with Gasteiger partial charge in [0.1, 0.15) is 0 Å². The highest BCUT2D eigenvalue weighted by molar-refractivity contribution is 5.76. The van der Waals surface area contributed by atoms with Crippen molar-refractivity contribution in [3.05, 3.63) is 0 Å². The minimum Gasteiger partial charge on any atom is -0.378 e. The van der Waals surface area contributed by atoms with Gasteiger partial charge in [0.2, 0.25) is 5.91 Å². The van der Waals surface area contributed by atoms with Crippen LogP contribution in [0.5, 0.6) is 0 Å². The molecule has 2 rings (SSSR count). The lowest BCUT2D eigenvalue weighted by atomic mass is 9.87.